The molecule has 100 valence electrons. The third-order valence-corrected chi connectivity index (χ3v) is 3.02. The maximum absolute atomic E-state index is 11.8. The molecule has 4 heteroatoms. The lowest BCUT2D eigenvalue weighted by Gasteiger charge is -2.19. The summed E-state index contributed by atoms with van der Waals surface area (Å²) in [6, 6.07) is 8.09. The van der Waals surface area contributed by atoms with E-state index >= 15 is 0 Å². The van der Waals surface area contributed by atoms with E-state index in [2.05, 4.69) is 9.97 Å². The molecule has 4 nitrogen and oxygen atoms in total. The number of amides is 1. The van der Waals surface area contributed by atoms with Crippen LogP contribution in [-0.2, 0) is 11.3 Å². The molecule has 0 bridgehead atoms. The summed E-state index contributed by atoms with van der Waals surface area (Å²) in [4.78, 5) is 20.8. The summed E-state index contributed by atoms with van der Waals surface area (Å²) in [6.07, 6.45) is 3.54. The number of carbonyl (C=O) groups excluding carboxylic acids is 1. The minimum atomic E-state index is 0.0346. The number of nitrogens with one attached hydrogen (secondary N) is 1. The standard InChI is InChI=1S/C15H19N3O/c1-11(2)15(19)18(3)10-12-4-6-13(7-5-12)14-16-8-9-17-14/h4-9,11H,10H2,1-3H3,(H,16,17). The molecule has 2 aromatic rings. The van der Waals surface area contributed by atoms with E-state index in [-0.39, 0.29) is 11.8 Å². The topological polar surface area (TPSA) is 49.0 Å². The number of aromatic nitrogens is 2. The zero-order chi connectivity index (χ0) is 13.8. The van der Waals surface area contributed by atoms with E-state index in [4.69, 9.17) is 0 Å². The highest BCUT2D eigenvalue weighted by Crippen LogP contribution is 2.16. The van der Waals surface area contributed by atoms with Crippen molar-refractivity contribution in [2.45, 2.75) is 20.4 Å². The highest BCUT2D eigenvalue weighted by molar-refractivity contribution is 5.77. The summed E-state index contributed by atoms with van der Waals surface area (Å²) in [5.41, 5.74) is 2.17. The number of nitrogens with zero attached hydrogens (tertiary/aromatic N) is 2. The predicted molar refractivity (Wildman–Crippen MR) is 75.3 cm³/mol. The molecular weight excluding hydrogens is 238 g/mol. The Kier molecular flexibility index (Phi) is 4.00. The van der Waals surface area contributed by atoms with Gasteiger partial charge in [-0.05, 0) is 5.56 Å². The van der Waals surface area contributed by atoms with Crippen molar-refractivity contribution < 1.29 is 4.79 Å². The fraction of sp³-hybridized carbons (Fsp3) is 0.333. The number of H-pyrrole nitrogens is 1. The molecule has 1 heterocycles. The van der Waals surface area contributed by atoms with Gasteiger partial charge in [0, 0.05) is 37.5 Å². The van der Waals surface area contributed by atoms with Crippen molar-refractivity contribution in [3.8, 4) is 11.4 Å². The van der Waals surface area contributed by atoms with Gasteiger partial charge in [-0.2, -0.15) is 0 Å². The largest absolute Gasteiger partial charge is 0.345 e. The second-order valence-electron chi connectivity index (χ2n) is 4.98. The summed E-state index contributed by atoms with van der Waals surface area (Å²) in [6.45, 7) is 4.47. The molecule has 0 aliphatic heterocycles. The van der Waals surface area contributed by atoms with Crippen LogP contribution in [0.1, 0.15) is 19.4 Å². The maximum atomic E-state index is 11.8. The lowest BCUT2D eigenvalue weighted by Crippen LogP contribution is -2.29. The van der Waals surface area contributed by atoms with E-state index in [9.17, 15) is 4.79 Å². The molecule has 0 atom stereocenters. The Balaban J connectivity index is 2.05. The van der Waals surface area contributed by atoms with Gasteiger partial charge in [0.05, 0.1) is 0 Å². The van der Waals surface area contributed by atoms with Crippen LogP contribution in [0, 0.1) is 5.92 Å². The van der Waals surface area contributed by atoms with Gasteiger partial charge in [0.15, 0.2) is 0 Å². The lowest BCUT2D eigenvalue weighted by molar-refractivity contribution is -0.133. The predicted octanol–water partition coefficient (Wildman–Crippen LogP) is 2.69. The number of aromatic amines is 1. The average molecular weight is 257 g/mol. The number of imidazole rings is 1. The van der Waals surface area contributed by atoms with E-state index in [0.717, 1.165) is 17.0 Å². The molecule has 2 rings (SSSR count). The Labute approximate surface area is 113 Å². The van der Waals surface area contributed by atoms with Gasteiger partial charge < -0.3 is 9.88 Å². The van der Waals surface area contributed by atoms with Gasteiger partial charge in [-0.3, -0.25) is 4.79 Å². The number of benzene rings is 1. The van der Waals surface area contributed by atoms with E-state index < -0.39 is 0 Å². The minimum absolute atomic E-state index is 0.0346. The normalized spacial score (nSPS) is 10.7. The van der Waals surface area contributed by atoms with Gasteiger partial charge in [0.2, 0.25) is 5.91 Å². The third kappa shape index (κ3) is 3.22. The van der Waals surface area contributed by atoms with Gasteiger partial charge in [-0.15, -0.1) is 0 Å². The van der Waals surface area contributed by atoms with Crippen LogP contribution in [-0.4, -0.2) is 27.8 Å². The third-order valence-electron chi connectivity index (χ3n) is 3.02. The Morgan fingerprint density at radius 2 is 2.00 bits per heavy atom. The molecule has 0 fully saturated rings. The van der Waals surface area contributed by atoms with Crippen LogP contribution in [0.15, 0.2) is 36.7 Å². The smallest absolute Gasteiger partial charge is 0.225 e. The molecule has 0 radical (unpaired) electrons. The molecule has 1 aromatic carbocycles. The molecule has 0 spiro atoms. The molecule has 19 heavy (non-hydrogen) atoms. The first kappa shape index (κ1) is 13.3. The Hall–Kier alpha value is -2.10. The van der Waals surface area contributed by atoms with Crippen LogP contribution in [0.2, 0.25) is 0 Å². The van der Waals surface area contributed by atoms with Crippen LogP contribution < -0.4 is 0 Å². The molecular formula is C15H19N3O. The molecule has 1 N–H and O–H groups in total. The van der Waals surface area contributed by atoms with Crippen molar-refractivity contribution >= 4 is 5.91 Å². The van der Waals surface area contributed by atoms with Crippen molar-refractivity contribution in [2.75, 3.05) is 7.05 Å². The van der Waals surface area contributed by atoms with E-state index in [0.29, 0.717) is 6.54 Å². The van der Waals surface area contributed by atoms with Crippen LogP contribution in [0.3, 0.4) is 0 Å². The van der Waals surface area contributed by atoms with Crippen LogP contribution in [0.4, 0.5) is 0 Å². The van der Waals surface area contributed by atoms with Gasteiger partial charge in [-0.1, -0.05) is 38.1 Å². The highest BCUT2D eigenvalue weighted by atomic mass is 16.2. The molecule has 0 unspecified atom stereocenters. The van der Waals surface area contributed by atoms with E-state index in [1.807, 2.05) is 45.2 Å². The average Bonchev–Trinajstić information content (AvgIpc) is 2.92. The molecule has 1 aromatic heterocycles. The fourth-order valence-corrected chi connectivity index (χ4v) is 1.98. The fourth-order valence-electron chi connectivity index (χ4n) is 1.98. The Morgan fingerprint density at radius 1 is 1.32 bits per heavy atom. The van der Waals surface area contributed by atoms with Crippen molar-refractivity contribution in [2.24, 2.45) is 5.92 Å². The first-order chi connectivity index (χ1) is 9.08. The second-order valence-corrected chi connectivity index (χ2v) is 4.98. The minimum Gasteiger partial charge on any atom is -0.345 e. The van der Waals surface area contributed by atoms with Gasteiger partial charge in [0.1, 0.15) is 5.82 Å². The monoisotopic (exact) mass is 257 g/mol. The number of rotatable bonds is 4. The van der Waals surface area contributed by atoms with Crippen LogP contribution in [0.5, 0.6) is 0 Å². The van der Waals surface area contributed by atoms with Crippen LogP contribution >= 0.6 is 0 Å². The number of carbonyl (C=O) groups is 1. The first-order valence-electron chi connectivity index (χ1n) is 6.41. The van der Waals surface area contributed by atoms with Crippen molar-refractivity contribution in [3.63, 3.8) is 0 Å². The number of hydrogen-bond donors (Lipinski definition) is 1. The summed E-state index contributed by atoms with van der Waals surface area (Å²) in [7, 11) is 1.84. The van der Waals surface area contributed by atoms with E-state index in [1.54, 1.807) is 17.3 Å². The van der Waals surface area contributed by atoms with Crippen molar-refractivity contribution in [1.82, 2.24) is 14.9 Å². The summed E-state index contributed by atoms with van der Waals surface area (Å²) in [5.74, 6) is 1.06. The molecule has 0 saturated heterocycles. The van der Waals surface area contributed by atoms with Gasteiger partial charge >= 0.3 is 0 Å². The Morgan fingerprint density at radius 3 is 2.53 bits per heavy atom. The Bertz CT molecular complexity index is 529. The van der Waals surface area contributed by atoms with Crippen LogP contribution in [0.25, 0.3) is 11.4 Å². The quantitative estimate of drug-likeness (QED) is 0.915. The van der Waals surface area contributed by atoms with Gasteiger partial charge in [-0.25, -0.2) is 4.98 Å². The first-order valence-corrected chi connectivity index (χ1v) is 6.41. The van der Waals surface area contributed by atoms with E-state index in [1.165, 1.54) is 0 Å². The van der Waals surface area contributed by atoms with Crippen molar-refractivity contribution in [1.29, 1.82) is 0 Å². The summed E-state index contributed by atoms with van der Waals surface area (Å²) >= 11 is 0. The SMILES string of the molecule is CC(C)C(=O)N(C)Cc1ccc(-c2ncc[nH]2)cc1. The zero-order valence-electron chi connectivity index (χ0n) is 11.6. The molecule has 0 aliphatic carbocycles. The summed E-state index contributed by atoms with van der Waals surface area (Å²) < 4.78 is 0. The lowest BCUT2D eigenvalue weighted by atomic mass is 10.1. The molecule has 0 saturated carbocycles. The highest BCUT2D eigenvalue weighted by Gasteiger charge is 2.12. The zero-order valence-corrected chi connectivity index (χ0v) is 11.6. The maximum Gasteiger partial charge on any atom is 0.225 e. The number of hydrogen-bond acceptors (Lipinski definition) is 2. The molecule has 1 amide bonds. The van der Waals surface area contributed by atoms with Crippen molar-refractivity contribution in [3.05, 3.63) is 42.2 Å². The second kappa shape index (κ2) is 5.69. The molecule has 0 aliphatic rings. The summed E-state index contributed by atoms with van der Waals surface area (Å²) in [5, 5.41) is 0. The van der Waals surface area contributed by atoms with Gasteiger partial charge in [0.25, 0.3) is 0 Å².